The number of ether oxygens (including phenoxy) is 1. The number of allylic oxidation sites excluding steroid dienone is 1. The number of aromatic nitrogens is 2. The van der Waals surface area contributed by atoms with Gasteiger partial charge in [0.25, 0.3) is 0 Å². The summed E-state index contributed by atoms with van der Waals surface area (Å²) in [6.07, 6.45) is 6.74. The van der Waals surface area contributed by atoms with Crippen LogP contribution in [0.25, 0.3) is 6.08 Å². The average Bonchev–Trinajstić information content (AvgIpc) is 3.04. The van der Waals surface area contributed by atoms with E-state index in [0.29, 0.717) is 28.0 Å². The molecule has 3 aromatic rings. The monoisotopic (exact) mass is 386 g/mol. The average molecular weight is 387 g/mol. The fourth-order valence-electron chi connectivity index (χ4n) is 2.30. The fraction of sp³-hybridized carbons (Fsp3) is 0.100. The molecular formula is C20H16Cl2N2O2. The van der Waals surface area contributed by atoms with Crippen LogP contribution in [0.5, 0.6) is 5.75 Å². The molecule has 0 aliphatic heterocycles. The molecule has 0 aliphatic rings. The number of carbonyl (C=O) groups is 1. The maximum absolute atomic E-state index is 12.3. The third-order valence-corrected chi connectivity index (χ3v) is 4.37. The highest BCUT2D eigenvalue weighted by Crippen LogP contribution is 2.22. The van der Waals surface area contributed by atoms with E-state index < -0.39 is 0 Å². The SMILES string of the molecule is Cn1ccnc1COc1ccc(C(=O)/C=C/c2ccc(Cl)cc2Cl)cc1. The van der Waals surface area contributed by atoms with Gasteiger partial charge >= 0.3 is 0 Å². The molecule has 0 saturated carbocycles. The summed E-state index contributed by atoms with van der Waals surface area (Å²) >= 11 is 12.0. The van der Waals surface area contributed by atoms with E-state index in [4.69, 9.17) is 27.9 Å². The zero-order valence-corrected chi connectivity index (χ0v) is 15.5. The summed E-state index contributed by atoms with van der Waals surface area (Å²) in [6.45, 7) is 0.367. The van der Waals surface area contributed by atoms with Crippen LogP contribution < -0.4 is 4.74 Å². The molecular weight excluding hydrogens is 371 g/mol. The highest BCUT2D eigenvalue weighted by Gasteiger charge is 2.05. The minimum Gasteiger partial charge on any atom is -0.486 e. The molecule has 0 fully saturated rings. The van der Waals surface area contributed by atoms with Crippen LogP contribution in [-0.2, 0) is 13.7 Å². The Kier molecular flexibility index (Phi) is 5.76. The number of nitrogens with zero attached hydrogens (tertiary/aromatic N) is 2. The van der Waals surface area contributed by atoms with E-state index in [9.17, 15) is 4.79 Å². The van der Waals surface area contributed by atoms with Crippen molar-refractivity contribution in [2.45, 2.75) is 6.61 Å². The van der Waals surface area contributed by atoms with Crippen molar-refractivity contribution >= 4 is 35.1 Å². The Morgan fingerprint density at radius 3 is 2.62 bits per heavy atom. The van der Waals surface area contributed by atoms with Crippen molar-refractivity contribution in [3.63, 3.8) is 0 Å². The van der Waals surface area contributed by atoms with Crippen molar-refractivity contribution < 1.29 is 9.53 Å². The van der Waals surface area contributed by atoms with Gasteiger partial charge in [0.05, 0.1) is 0 Å². The largest absolute Gasteiger partial charge is 0.486 e. The lowest BCUT2D eigenvalue weighted by Gasteiger charge is -2.06. The Morgan fingerprint density at radius 2 is 1.96 bits per heavy atom. The number of carbonyl (C=O) groups excluding carboxylic acids is 1. The highest BCUT2D eigenvalue weighted by atomic mass is 35.5. The number of hydrogen-bond acceptors (Lipinski definition) is 3. The number of imidazole rings is 1. The second-order valence-electron chi connectivity index (χ2n) is 5.63. The number of halogens is 2. The quantitative estimate of drug-likeness (QED) is 0.431. The molecule has 0 saturated heterocycles. The van der Waals surface area contributed by atoms with E-state index in [-0.39, 0.29) is 5.78 Å². The molecule has 132 valence electrons. The Morgan fingerprint density at radius 1 is 1.19 bits per heavy atom. The van der Waals surface area contributed by atoms with Crippen LogP contribution >= 0.6 is 23.2 Å². The van der Waals surface area contributed by atoms with Gasteiger partial charge < -0.3 is 9.30 Å². The lowest BCUT2D eigenvalue weighted by Crippen LogP contribution is -2.03. The van der Waals surface area contributed by atoms with Gasteiger partial charge in [0, 0.05) is 35.1 Å². The Bertz CT molecular complexity index is 947. The molecule has 1 aromatic heterocycles. The Hall–Kier alpha value is -2.56. The van der Waals surface area contributed by atoms with Crippen LogP contribution in [0.15, 0.2) is 60.9 Å². The first-order valence-electron chi connectivity index (χ1n) is 7.89. The van der Waals surface area contributed by atoms with Crippen molar-refractivity contribution in [2.24, 2.45) is 7.05 Å². The van der Waals surface area contributed by atoms with Crippen molar-refractivity contribution in [3.05, 3.63) is 87.9 Å². The van der Waals surface area contributed by atoms with Crippen LogP contribution in [0.4, 0.5) is 0 Å². The molecule has 6 heteroatoms. The van der Waals surface area contributed by atoms with Gasteiger partial charge in [-0.1, -0.05) is 29.3 Å². The summed E-state index contributed by atoms with van der Waals surface area (Å²) in [5, 5.41) is 1.05. The first kappa shape index (κ1) is 18.2. The van der Waals surface area contributed by atoms with E-state index in [1.165, 1.54) is 6.08 Å². The summed E-state index contributed by atoms with van der Waals surface area (Å²) in [5.74, 6) is 1.38. The lowest BCUT2D eigenvalue weighted by atomic mass is 10.1. The summed E-state index contributed by atoms with van der Waals surface area (Å²) in [4.78, 5) is 16.5. The summed E-state index contributed by atoms with van der Waals surface area (Å²) < 4.78 is 7.57. The van der Waals surface area contributed by atoms with E-state index in [1.54, 1.807) is 54.7 Å². The third kappa shape index (κ3) is 4.54. The second kappa shape index (κ2) is 8.21. The Labute approximate surface area is 161 Å². The van der Waals surface area contributed by atoms with Crippen LogP contribution in [-0.4, -0.2) is 15.3 Å². The molecule has 0 amide bonds. The maximum Gasteiger partial charge on any atom is 0.185 e. The van der Waals surface area contributed by atoms with Gasteiger partial charge in [-0.3, -0.25) is 4.79 Å². The molecule has 0 unspecified atom stereocenters. The zero-order valence-electron chi connectivity index (χ0n) is 14.0. The highest BCUT2D eigenvalue weighted by molar-refractivity contribution is 6.35. The molecule has 0 radical (unpaired) electrons. The van der Waals surface area contributed by atoms with Crippen LogP contribution in [0.3, 0.4) is 0 Å². The van der Waals surface area contributed by atoms with Crippen LogP contribution in [0.2, 0.25) is 10.0 Å². The second-order valence-corrected chi connectivity index (χ2v) is 6.47. The van der Waals surface area contributed by atoms with Gasteiger partial charge in [-0.2, -0.15) is 0 Å². The van der Waals surface area contributed by atoms with Crippen LogP contribution in [0, 0.1) is 0 Å². The van der Waals surface area contributed by atoms with Gasteiger partial charge in [0.2, 0.25) is 0 Å². The number of hydrogen-bond donors (Lipinski definition) is 0. The number of benzene rings is 2. The molecule has 0 aliphatic carbocycles. The molecule has 0 atom stereocenters. The van der Waals surface area contributed by atoms with E-state index in [2.05, 4.69) is 4.98 Å². The van der Waals surface area contributed by atoms with Gasteiger partial charge in [0.15, 0.2) is 5.78 Å². The lowest BCUT2D eigenvalue weighted by molar-refractivity contribution is 0.104. The predicted molar refractivity (Wildman–Crippen MR) is 104 cm³/mol. The summed E-state index contributed by atoms with van der Waals surface area (Å²) in [7, 11) is 1.91. The van der Waals surface area contributed by atoms with E-state index in [0.717, 1.165) is 11.4 Å². The molecule has 0 spiro atoms. The van der Waals surface area contributed by atoms with Gasteiger partial charge in [0.1, 0.15) is 18.2 Å². The van der Waals surface area contributed by atoms with Gasteiger partial charge in [-0.05, 0) is 54.1 Å². The first-order chi connectivity index (χ1) is 12.5. The predicted octanol–water partition coefficient (Wildman–Crippen LogP) is 5.20. The molecule has 4 nitrogen and oxygen atoms in total. The summed E-state index contributed by atoms with van der Waals surface area (Å²) in [6, 6.07) is 12.1. The van der Waals surface area contributed by atoms with Gasteiger partial charge in [-0.25, -0.2) is 4.98 Å². The fourth-order valence-corrected chi connectivity index (χ4v) is 2.77. The maximum atomic E-state index is 12.3. The molecule has 3 rings (SSSR count). The Balaban J connectivity index is 1.63. The first-order valence-corrected chi connectivity index (χ1v) is 8.65. The number of ketones is 1. The minimum absolute atomic E-state index is 0.119. The minimum atomic E-state index is -0.119. The van der Waals surface area contributed by atoms with Crippen molar-refractivity contribution in [2.75, 3.05) is 0 Å². The summed E-state index contributed by atoms with van der Waals surface area (Å²) in [5.41, 5.74) is 1.30. The molecule has 0 bridgehead atoms. The van der Waals surface area contributed by atoms with Crippen molar-refractivity contribution in [1.82, 2.24) is 9.55 Å². The molecule has 1 heterocycles. The van der Waals surface area contributed by atoms with Crippen LogP contribution in [0.1, 0.15) is 21.7 Å². The molecule has 2 aromatic carbocycles. The standard InChI is InChI=1S/C20H16Cl2N2O2/c1-24-11-10-23-20(24)13-26-17-7-3-15(4-8-17)19(25)9-5-14-2-6-16(21)12-18(14)22/h2-12H,13H2,1H3/b9-5+. The molecule has 26 heavy (non-hydrogen) atoms. The number of rotatable bonds is 6. The number of aryl methyl sites for hydroxylation is 1. The smallest absolute Gasteiger partial charge is 0.185 e. The topological polar surface area (TPSA) is 44.1 Å². The third-order valence-electron chi connectivity index (χ3n) is 3.80. The zero-order chi connectivity index (χ0) is 18.5. The van der Waals surface area contributed by atoms with E-state index >= 15 is 0 Å². The normalized spacial score (nSPS) is 11.0. The van der Waals surface area contributed by atoms with Gasteiger partial charge in [-0.15, -0.1) is 0 Å². The molecule has 0 N–H and O–H groups in total. The van der Waals surface area contributed by atoms with Crippen molar-refractivity contribution in [1.29, 1.82) is 0 Å². The van der Waals surface area contributed by atoms with Crippen molar-refractivity contribution in [3.8, 4) is 5.75 Å². The van der Waals surface area contributed by atoms with E-state index in [1.807, 2.05) is 17.8 Å².